The van der Waals surface area contributed by atoms with Crippen LogP contribution in [0.4, 0.5) is 0 Å². The lowest BCUT2D eigenvalue weighted by atomic mass is 10.0. The Kier molecular flexibility index (Phi) is 6.67. The van der Waals surface area contributed by atoms with Crippen molar-refractivity contribution in [2.75, 3.05) is 13.2 Å². The minimum atomic E-state index is 0.0679. The second-order valence-corrected chi connectivity index (χ2v) is 4.41. The number of rotatable bonds is 8. The Morgan fingerprint density at radius 1 is 1.12 bits per heavy atom. The fourth-order valence-corrected chi connectivity index (χ4v) is 1.65. The van der Waals surface area contributed by atoms with Gasteiger partial charge < -0.3 is 14.9 Å². The predicted molar refractivity (Wildman–Crippen MR) is 68.0 cm³/mol. The van der Waals surface area contributed by atoms with Gasteiger partial charge in [-0.2, -0.15) is 0 Å². The van der Waals surface area contributed by atoms with Crippen LogP contribution in [0.15, 0.2) is 24.3 Å². The molecule has 0 bridgehead atoms. The maximum Gasteiger partial charge on any atom is 0.119 e. The molecule has 1 aromatic rings. The van der Waals surface area contributed by atoms with E-state index in [2.05, 4.69) is 6.92 Å². The smallest absolute Gasteiger partial charge is 0.119 e. The summed E-state index contributed by atoms with van der Waals surface area (Å²) < 4.78 is 5.61. The van der Waals surface area contributed by atoms with Gasteiger partial charge in [0.25, 0.3) is 0 Å². The van der Waals surface area contributed by atoms with Gasteiger partial charge in [-0.25, -0.2) is 0 Å². The Balaban J connectivity index is 2.21. The normalized spacial score (nSPS) is 12.4. The Bertz CT molecular complexity index is 295. The number of aliphatic hydroxyl groups is 2. The molecule has 0 aliphatic carbocycles. The Labute approximate surface area is 103 Å². The third kappa shape index (κ3) is 5.71. The van der Waals surface area contributed by atoms with Crippen molar-refractivity contribution in [2.45, 2.75) is 32.8 Å². The monoisotopic (exact) mass is 238 g/mol. The van der Waals surface area contributed by atoms with Crippen molar-refractivity contribution in [3.05, 3.63) is 29.8 Å². The molecule has 0 unspecified atom stereocenters. The molecule has 0 aliphatic rings. The largest absolute Gasteiger partial charge is 0.494 e. The number of hydrogen-bond donors (Lipinski definition) is 2. The van der Waals surface area contributed by atoms with E-state index in [0.29, 0.717) is 12.5 Å². The Hall–Kier alpha value is -1.06. The first-order chi connectivity index (χ1) is 8.26. The van der Waals surface area contributed by atoms with Crippen LogP contribution in [0, 0.1) is 5.92 Å². The number of ether oxygens (including phenoxy) is 1. The summed E-state index contributed by atoms with van der Waals surface area (Å²) in [6.07, 6.45) is 2.91. The van der Waals surface area contributed by atoms with Crippen LogP contribution in [-0.4, -0.2) is 23.4 Å². The third-order valence-electron chi connectivity index (χ3n) is 2.84. The zero-order valence-corrected chi connectivity index (χ0v) is 10.4. The van der Waals surface area contributed by atoms with Crippen LogP contribution in [0.2, 0.25) is 0 Å². The summed E-state index contributed by atoms with van der Waals surface area (Å²) in [5, 5.41) is 17.6. The van der Waals surface area contributed by atoms with Gasteiger partial charge in [-0.3, -0.25) is 0 Å². The van der Waals surface area contributed by atoms with Gasteiger partial charge in [0.05, 0.1) is 13.2 Å². The minimum Gasteiger partial charge on any atom is -0.494 e. The molecular formula is C14H22O3. The predicted octanol–water partition coefficient (Wildman–Crippen LogP) is 2.36. The zero-order valence-electron chi connectivity index (χ0n) is 10.4. The number of hydrogen-bond acceptors (Lipinski definition) is 3. The van der Waals surface area contributed by atoms with Crippen LogP contribution in [-0.2, 0) is 6.61 Å². The molecule has 2 N–H and O–H groups in total. The van der Waals surface area contributed by atoms with Gasteiger partial charge in [0, 0.05) is 6.61 Å². The lowest BCUT2D eigenvalue weighted by Crippen LogP contribution is -2.05. The molecule has 0 aliphatic heterocycles. The first-order valence-corrected chi connectivity index (χ1v) is 6.19. The highest BCUT2D eigenvalue weighted by Crippen LogP contribution is 2.15. The molecule has 0 saturated heterocycles. The maximum absolute atomic E-state index is 8.90. The van der Waals surface area contributed by atoms with Gasteiger partial charge in [-0.15, -0.1) is 0 Å². The number of benzene rings is 1. The molecule has 0 spiro atoms. The molecule has 1 rings (SSSR count). The van der Waals surface area contributed by atoms with E-state index in [9.17, 15) is 0 Å². The SMILES string of the molecule is C[C@@H](CCCO)CCOc1ccc(CO)cc1. The molecule has 1 aromatic carbocycles. The lowest BCUT2D eigenvalue weighted by Gasteiger charge is -2.11. The molecule has 17 heavy (non-hydrogen) atoms. The van der Waals surface area contributed by atoms with Crippen molar-refractivity contribution in [3.8, 4) is 5.75 Å². The van der Waals surface area contributed by atoms with Gasteiger partial charge in [0.1, 0.15) is 5.75 Å². The van der Waals surface area contributed by atoms with Crippen molar-refractivity contribution < 1.29 is 14.9 Å². The molecule has 0 saturated carbocycles. The fourth-order valence-electron chi connectivity index (χ4n) is 1.65. The average molecular weight is 238 g/mol. The van der Waals surface area contributed by atoms with Crippen LogP contribution in [0.3, 0.4) is 0 Å². The molecule has 3 heteroatoms. The average Bonchev–Trinajstić information content (AvgIpc) is 2.37. The van der Waals surface area contributed by atoms with E-state index in [-0.39, 0.29) is 13.2 Å². The summed E-state index contributed by atoms with van der Waals surface area (Å²) in [7, 11) is 0. The summed E-state index contributed by atoms with van der Waals surface area (Å²) in [6, 6.07) is 7.49. The zero-order chi connectivity index (χ0) is 12.5. The molecule has 0 fully saturated rings. The summed E-state index contributed by atoms with van der Waals surface area (Å²) in [5.74, 6) is 1.43. The number of aliphatic hydroxyl groups excluding tert-OH is 2. The van der Waals surface area contributed by atoms with E-state index in [4.69, 9.17) is 14.9 Å². The molecule has 0 radical (unpaired) electrons. The fraction of sp³-hybridized carbons (Fsp3) is 0.571. The molecule has 1 atom stereocenters. The van der Waals surface area contributed by atoms with Gasteiger partial charge in [0.2, 0.25) is 0 Å². The van der Waals surface area contributed by atoms with Crippen LogP contribution in [0.25, 0.3) is 0 Å². The second kappa shape index (κ2) is 8.09. The van der Waals surface area contributed by atoms with E-state index >= 15 is 0 Å². The second-order valence-electron chi connectivity index (χ2n) is 4.41. The Morgan fingerprint density at radius 3 is 2.41 bits per heavy atom. The van der Waals surface area contributed by atoms with E-state index in [1.165, 1.54) is 0 Å². The van der Waals surface area contributed by atoms with E-state index < -0.39 is 0 Å². The van der Waals surface area contributed by atoms with Crippen molar-refractivity contribution in [1.82, 2.24) is 0 Å². The highest BCUT2D eigenvalue weighted by molar-refractivity contribution is 5.26. The molecule has 0 aromatic heterocycles. The van der Waals surface area contributed by atoms with E-state index in [1.54, 1.807) is 0 Å². The highest BCUT2D eigenvalue weighted by Gasteiger charge is 2.02. The summed E-state index contributed by atoms with van der Waals surface area (Å²) in [6.45, 7) is 3.21. The van der Waals surface area contributed by atoms with Crippen LogP contribution in [0.1, 0.15) is 31.7 Å². The maximum atomic E-state index is 8.90. The van der Waals surface area contributed by atoms with Crippen molar-refractivity contribution in [3.63, 3.8) is 0 Å². The quantitative estimate of drug-likeness (QED) is 0.731. The molecule has 0 heterocycles. The molecule has 3 nitrogen and oxygen atoms in total. The first-order valence-electron chi connectivity index (χ1n) is 6.19. The Morgan fingerprint density at radius 2 is 1.82 bits per heavy atom. The first kappa shape index (κ1) is 14.0. The van der Waals surface area contributed by atoms with Crippen LogP contribution < -0.4 is 4.74 Å². The van der Waals surface area contributed by atoms with Gasteiger partial charge in [-0.1, -0.05) is 19.1 Å². The standard InChI is InChI=1S/C14H22O3/c1-12(3-2-9-15)8-10-17-14-6-4-13(11-16)5-7-14/h4-7,12,15-16H,2-3,8-11H2,1H3/t12-/m0/s1. The van der Waals surface area contributed by atoms with Crippen molar-refractivity contribution in [2.24, 2.45) is 5.92 Å². The third-order valence-corrected chi connectivity index (χ3v) is 2.84. The summed E-state index contributed by atoms with van der Waals surface area (Å²) in [4.78, 5) is 0. The van der Waals surface area contributed by atoms with Crippen LogP contribution in [0.5, 0.6) is 5.75 Å². The van der Waals surface area contributed by atoms with Crippen molar-refractivity contribution >= 4 is 0 Å². The minimum absolute atomic E-state index is 0.0679. The van der Waals surface area contributed by atoms with Gasteiger partial charge in [-0.05, 0) is 42.9 Å². The van der Waals surface area contributed by atoms with Gasteiger partial charge in [0.15, 0.2) is 0 Å². The molecule has 0 amide bonds. The van der Waals surface area contributed by atoms with E-state index in [1.807, 2.05) is 24.3 Å². The van der Waals surface area contributed by atoms with Crippen LogP contribution >= 0.6 is 0 Å². The topological polar surface area (TPSA) is 49.7 Å². The van der Waals surface area contributed by atoms with E-state index in [0.717, 1.165) is 30.6 Å². The van der Waals surface area contributed by atoms with Crippen molar-refractivity contribution in [1.29, 1.82) is 0 Å². The summed E-state index contributed by atoms with van der Waals surface area (Å²) in [5.41, 5.74) is 0.897. The lowest BCUT2D eigenvalue weighted by molar-refractivity contribution is 0.250. The summed E-state index contributed by atoms with van der Waals surface area (Å²) >= 11 is 0. The molecule has 96 valence electrons. The molecular weight excluding hydrogens is 216 g/mol. The van der Waals surface area contributed by atoms with Gasteiger partial charge >= 0.3 is 0 Å². The highest BCUT2D eigenvalue weighted by atomic mass is 16.5.